The van der Waals surface area contributed by atoms with Gasteiger partial charge in [-0.1, -0.05) is 50.9 Å². The Morgan fingerprint density at radius 1 is 0.562 bits per heavy atom. The summed E-state index contributed by atoms with van der Waals surface area (Å²) in [6, 6.07) is 7.61. The molecule has 0 unspecified atom stereocenters. The lowest BCUT2D eigenvalue weighted by Crippen LogP contribution is -2.05. The van der Waals surface area contributed by atoms with E-state index >= 15 is 0 Å². The molecule has 6 heteroatoms. The van der Waals surface area contributed by atoms with Crippen LogP contribution in [0.15, 0.2) is 24.3 Å². The fourth-order valence-electron chi connectivity index (χ4n) is 3.58. The number of rotatable bonds is 12. The van der Waals surface area contributed by atoms with Crippen molar-refractivity contribution in [2.24, 2.45) is 0 Å². The van der Waals surface area contributed by atoms with Crippen molar-refractivity contribution < 1.29 is 18.9 Å². The van der Waals surface area contributed by atoms with Gasteiger partial charge in [-0.2, -0.15) is 0 Å². The minimum atomic E-state index is 0.468. The molecule has 0 aliphatic rings. The standard InChI is InChI=1S/C26H32Cl2O4/c1-5-11-29-21-9-10-22(30-12-6-2)24-23(21)25(31-13-7-3)17-15-19(27)20(28)16-18(17)26(24)32-14-8-4/h9-10,15-16H,5-8,11-14H2,1-4H3. The highest BCUT2D eigenvalue weighted by molar-refractivity contribution is 6.43. The lowest BCUT2D eigenvalue weighted by molar-refractivity contribution is 0.302. The van der Waals surface area contributed by atoms with Crippen molar-refractivity contribution in [3.8, 4) is 23.0 Å². The van der Waals surface area contributed by atoms with Crippen LogP contribution in [0.1, 0.15) is 53.4 Å². The molecule has 3 rings (SSSR count). The van der Waals surface area contributed by atoms with E-state index in [0.717, 1.165) is 58.7 Å². The molecular formula is C26H32Cl2O4. The summed E-state index contributed by atoms with van der Waals surface area (Å²) in [7, 11) is 0. The lowest BCUT2D eigenvalue weighted by Gasteiger charge is -2.22. The third kappa shape index (κ3) is 5.13. The Labute approximate surface area is 200 Å². The normalized spacial score (nSPS) is 11.2. The van der Waals surface area contributed by atoms with E-state index in [1.807, 2.05) is 24.3 Å². The number of hydrogen-bond acceptors (Lipinski definition) is 4. The molecular weight excluding hydrogens is 447 g/mol. The number of hydrogen-bond donors (Lipinski definition) is 0. The van der Waals surface area contributed by atoms with Crippen LogP contribution in [0.4, 0.5) is 0 Å². The molecule has 3 aromatic carbocycles. The Hall–Kier alpha value is -2.04. The van der Waals surface area contributed by atoms with E-state index in [0.29, 0.717) is 48.0 Å². The molecule has 0 aromatic heterocycles. The van der Waals surface area contributed by atoms with Crippen molar-refractivity contribution in [2.45, 2.75) is 53.4 Å². The molecule has 0 atom stereocenters. The summed E-state index contributed by atoms with van der Waals surface area (Å²) in [5.74, 6) is 2.91. The van der Waals surface area contributed by atoms with Gasteiger partial charge in [-0.05, 0) is 49.9 Å². The van der Waals surface area contributed by atoms with Gasteiger partial charge in [0.1, 0.15) is 23.0 Å². The fraction of sp³-hybridized carbons (Fsp3) is 0.462. The first kappa shape index (κ1) is 24.6. The van der Waals surface area contributed by atoms with Gasteiger partial charge in [-0.25, -0.2) is 0 Å². The molecule has 0 spiro atoms. The van der Waals surface area contributed by atoms with Gasteiger partial charge in [0.2, 0.25) is 0 Å². The Kier molecular flexibility index (Phi) is 9.01. The predicted octanol–water partition coefficient (Wildman–Crippen LogP) is 8.46. The quantitative estimate of drug-likeness (QED) is 0.244. The molecule has 0 amide bonds. The van der Waals surface area contributed by atoms with Crippen molar-refractivity contribution in [1.82, 2.24) is 0 Å². The van der Waals surface area contributed by atoms with Gasteiger partial charge in [0.15, 0.2) is 0 Å². The van der Waals surface area contributed by atoms with Crippen molar-refractivity contribution in [1.29, 1.82) is 0 Å². The van der Waals surface area contributed by atoms with Gasteiger partial charge < -0.3 is 18.9 Å². The second kappa shape index (κ2) is 11.7. The summed E-state index contributed by atoms with van der Waals surface area (Å²) in [6.07, 6.45) is 3.54. The summed E-state index contributed by atoms with van der Waals surface area (Å²) >= 11 is 12.9. The summed E-state index contributed by atoms with van der Waals surface area (Å²) in [6.45, 7) is 10.7. The average Bonchev–Trinajstić information content (AvgIpc) is 2.79. The molecule has 32 heavy (non-hydrogen) atoms. The lowest BCUT2D eigenvalue weighted by atomic mass is 9.98. The molecule has 0 aliphatic carbocycles. The molecule has 174 valence electrons. The minimum Gasteiger partial charge on any atom is -0.493 e. The van der Waals surface area contributed by atoms with Crippen molar-refractivity contribution in [3.05, 3.63) is 34.3 Å². The molecule has 0 saturated heterocycles. The largest absolute Gasteiger partial charge is 0.493 e. The molecule has 0 saturated carbocycles. The number of benzene rings is 3. The summed E-state index contributed by atoms with van der Waals surface area (Å²) in [5, 5.41) is 4.32. The van der Waals surface area contributed by atoms with Gasteiger partial charge in [-0.15, -0.1) is 0 Å². The fourth-order valence-corrected chi connectivity index (χ4v) is 3.91. The zero-order valence-corrected chi connectivity index (χ0v) is 20.9. The van der Waals surface area contributed by atoms with Gasteiger partial charge in [-0.3, -0.25) is 0 Å². The maximum absolute atomic E-state index is 6.44. The number of fused-ring (bicyclic) bond motifs is 2. The summed E-state index contributed by atoms with van der Waals surface area (Å²) in [4.78, 5) is 0. The smallest absolute Gasteiger partial charge is 0.139 e. The Bertz CT molecular complexity index is 981. The van der Waals surface area contributed by atoms with Crippen LogP contribution in [0, 0.1) is 0 Å². The van der Waals surface area contributed by atoms with E-state index in [1.54, 1.807) is 0 Å². The first-order valence-corrected chi connectivity index (χ1v) is 12.2. The number of ether oxygens (including phenoxy) is 4. The van der Waals surface area contributed by atoms with Crippen molar-refractivity contribution in [3.63, 3.8) is 0 Å². The molecule has 0 N–H and O–H groups in total. The highest BCUT2D eigenvalue weighted by Crippen LogP contribution is 2.51. The van der Waals surface area contributed by atoms with E-state index in [1.165, 1.54) is 0 Å². The van der Waals surface area contributed by atoms with Gasteiger partial charge >= 0.3 is 0 Å². The zero-order valence-electron chi connectivity index (χ0n) is 19.4. The summed E-state index contributed by atoms with van der Waals surface area (Å²) in [5.41, 5.74) is 0. The van der Waals surface area contributed by atoms with Crippen LogP contribution in [0.3, 0.4) is 0 Å². The molecule has 0 radical (unpaired) electrons. The van der Waals surface area contributed by atoms with E-state index in [2.05, 4.69) is 27.7 Å². The Balaban J connectivity index is 2.48. The van der Waals surface area contributed by atoms with Gasteiger partial charge in [0.25, 0.3) is 0 Å². The molecule has 0 fully saturated rings. The predicted molar refractivity (Wildman–Crippen MR) is 135 cm³/mol. The molecule has 0 aliphatic heterocycles. The summed E-state index contributed by atoms with van der Waals surface area (Å²) < 4.78 is 25.0. The minimum absolute atomic E-state index is 0.468. The number of halogens is 2. The Morgan fingerprint density at radius 3 is 1.25 bits per heavy atom. The van der Waals surface area contributed by atoms with Crippen LogP contribution in [0.2, 0.25) is 10.0 Å². The average molecular weight is 479 g/mol. The molecule has 0 bridgehead atoms. The van der Waals surface area contributed by atoms with Gasteiger partial charge in [0.05, 0.1) is 47.2 Å². The molecule has 0 heterocycles. The third-order valence-electron chi connectivity index (χ3n) is 4.96. The van der Waals surface area contributed by atoms with Crippen LogP contribution in [0.25, 0.3) is 21.5 Å². The topological polar surface area (TPSA) is 36.9 Å². The molecule has 4 nitrogen and oxygen atoms in total. The van der Waals surface area contributed by atoms with E-state index in [-0.39, 0.29) is 0 Å². The third-order valence-corrected chi connectivity index (χ3v) is 5.68. The maximum Gasteiger partial charge on any atom is 0.139 e. The van der Waals surface area contributed by atoms with Crippen molar-refractivity contribution >= 4 is 44.7 Å². The van der Waals surface area contributed by atoms with E-state index in [9.17, 15) is 0 Å². The highest BCUT2D eigenvalue weighted by atomic mass is 35.5. The second-order valence-corrected chi connectivity index (χ2v) is 8.49. The molecule has 3 aromatic rings. The van der Waals surface area contributed by atoms with Crippen LogP contribution < -0.4 is 18.9 Å². The van der Waals surface area contributed by atoms with Crippen molar-refractivity contribution in [2.75, 3.05) is 26.4 Å². The Morgan fingerprint density at radius 2 is 0.906 bits per heavy atom. The first-order chi connectivity index (χ1) is 15.6. The zero-order chi connectivity index (χ0) is 23.1. The van der Waals surface area contributed by atoms with Gasteiger partial charge in [0, 0.05) is 10.8 Å². The van der Waals surface area contributed by atoms with Crippen LogP contribution in [-0.4, -0.2) is 26.4 Å². The second-order valence-electron chi connectivity index (χ2n) is 7.68. The van der Waals surface area contributed by atoms with Crippen LogP contribution in [0.5, 0.6) is 23.0 Å². The maximum atomic E-state index is 6.44. The van der Waals surface area contributed by atoms with Crippen LogP contribution in [-0.2, 0) is 0 Å². The highest BCUT2D eigenvalue weighted by Gasteiger charge is 2.24. The SMILES string of the molecule is CCCOc1ccc(OCCC)c2c(OCCC)c3cc(Cl)c(Cl)cc3c(OCCC)c12. The van der Waals surface area contributed by atoms with E-state index < -0.39 is 0 Å². The van der Waals surface area contributed by atoms with Crippen LogP contribution >= 0.6 is 23.2 Å². The van der Waals surface area contributed by atoms with E-state index in [4.69, 9.17) is 42.1 Å². The first-order valence-electron chi connectivity index (χ1n) is 11.5. The monoisotopic (exact) mass is 478 g/mol.